The minimum atomic E-state index is -4.06. The van der Waals surface area contributed by atoms with E-state index in [1.807, 2.05) is 58.2 Å². The Morgan fingerprint density at radius 1 is 0.808 bits per heavy atom. The molecule has 4 heterocycles. The number of aryl methyl sites for hydroxylation is 1. The van der Waals surface area contributed by atoms with E-state index in [9.17, 15) is 18.0 Å². The first-order valence-electron chi connectivity index (χ1n) is 17.6. The van der Waals surface area contributed by atoms with Crippen LogP contribution in [-0.4, -0.2) is 73.6 Å². The second-order valence-corrected chi connectivity index (χ2v) is 17.1. The van der Waals surface area contributed by atoms with Gasteiger partial charge in [-0.2, -0.15) is 0 Å². The van der Waals surface area contributed by atoms with Crippen LogP contribution in [0.15, 0.2) is 65.8 Å². The van der Waals surface area contributed by atoms with Gasteiger partial charge in [0.25, 0.3) is 10.0 Å². The molecule has 2 fully saturated rings. The van der Waals surface area contributed by atoms with Gasteiger partial charge in [0.2, 0.25) is 0 Å². The average molecular weight is 727 g/mol. The van der Waals surface area contributed by atoms with E-state index in [2.05, 4.69) is 16.8 Å². The zero-order valence-electron chi connectivity index (χ0n) is 30.8. The van der Waals surface area contributed by atoms with Gasteiger partial charge >= 0.3 is 12.2 Å². The zero-order chi connectivity index (χ0) is 37.4. The molecule has 6 rings (SSSR count). The minimum absolute atomic E-state index is 0.112. The van der Waals surface area contributed by atoms with E-state index < -0.39 is 33.4 Å². The van der Waals surface area contributed by atoms with Crippen LogP contribution in [0.2, 0.25) is 0 Å². The molecule has 2 aromatic carbocycles. The Hall–Kier alpha value is -5.09. The van der Waals surface area contributed by atoms with Crippen molar-refractivity contribution in [2.45, 2.75) is 102 Å². The molecular weight excluding hydrogens is 681 g/mol. The predicted molar refractivity (Wildman–Crippen MR) is 196 cm³/mol. The number of amides is 2. The van der Waals surface area contributed by atoms with Crippen LogP contribution in [0.3, 0.4) is 0 Å². The third-order valence-corrected chi connectivity index (χ3v) is 10.4. The van der Waals surface area contributed by atoms with Crippen molar-refractivity contribution in [3.63, 3.8) is 0 Å². The SMILES string of the molecule is Cc1ccc(S(=O)(=O)n2cc(C#Cc3ccc(-c4c[nH]c([C@@H]5CCCN5C(=O)OC(C)(C)C)n4)cc3)nc2[C@@H]2CCCN2C(=O)OC(C)(C)C)cc1. The van der Waals surface area contributed by atoms with Crippen molar-refractivity contribution in [1.82, 2.24) is 28.7 Å². The van der Waals surface area contributed by atoms with Crippen molar-refractivity contribution < 1.29 is 27.5 Å². The molecule has 12 nitrogen and oxygen atoms in total. The molecule has 0 bridgehead atoms. The number of benzene rings is 2. The summed E-state index contributed by atoms with van der Waals surface area (Å²) in [5.74, 6) is 7.07. The molecule has 13 heteroatoms. The summed E-state index contributed by atoms with van der Waals surface area (Å²) in [5, 5.41) is 0. The van der Waals surface area contributed by atoms with Crippen molar-refractivity contribution in [1.29, 1.82) is 0 Å². The summed E-state index contributed by atoms with van der Waals surface area (Å²) < 4.78 is 40.4. The molecule has 2 aliphatic rings. The molecule has 52 heavy (non-hydrogen) atoms. The van der Waals surface area contributed by atoms with Crippen LogP contribution in [0.1, 0.15) is 108 Å². The number of H-pyrrole nitrogens is 1. The van der Waals surface area contributed by atoms with E-state index >= 15 is 0 Å². The molecule has 2 atom stereocenters. The van der Waals surface area contributed by atoms with Crippen molar-refractivity contribution >= 4 is 22.2 Å². The first-order chi connectivity index (χ1) is 24.5. The van der Waals surface area contributed by atoms with Gasteiger partial charge in [-0.25, -0.2) is 31.9 Å². The molecule has 0 saturated carbocycles. The standard InChI is InChI=1S/C39H46N6O6S/c1-26-12-20-30(21-13-26)52(48,49)45-25-29(41-35(45)33-11-9-23-44(33)37(47)51-39(5,6)7)19-16-27-14-17-28(18-15-27)31-24-40-34(42-31)32-10-8-22-43(32)36(46)50-38(2,3)4/h12-15,17-18,20-21,24-25,32-33H,8-11,22-23H2,1-7H3,(H,40,42)/t32-,33-/m0/s1. The van der Waals surface area contributed by atoms with Gasteiger partial charge in [0.15, 0.2) is 0 Å². The van der Waals surface area contributed by atoms with Gasteiger partial charge < -0.3 is 14.5 Å². The summed E-state index contributed by atoms with van der Waals surface area (Å²) in [6.45, 7) is 13.9. The summed E-state index contributed by atoms with van der Waals surface area (Å²) in [7, 11) is -4.06. The maximum absolute atomic E-state index is 14.0. The monoisotopic (exact) mass is 726 g/mol. The molecule has 0 aliphatic carbocycles. The Kier molecular flexibility index (Phi) is 9.98. The maximum atomic E-state index is 14.0. The molecule has 2 amide bonds. The van der Waals surface area contributed by atoms with Crippen LogP contribution in [0.5, 0.6) is 0 Å². The second kappa shape index (κ2) is 14.1. The van der Waals surface area contributed by atoms with Crippen molar-refractivity contribution in [3.05, 3.63) is 89.4 Å². The lowest BCUT2D eigenvalue weighted by Crippen LogP contribution is -2.37. The van der Waals surface area contributed by atoms with Crippen LogP contribution in [0.25, 0.3) is 11.3 Å². The molecule has 0 unspecified atom stereocenters. The molecule has 2 saturated heterocycles. The first kappa shape index (κ1) is 36.7. The second-order valence-electron chi connectivity index (χ2n) is 15.3. The third kappa shape index (κ3) is 8.18. The molecule has 0 radical (unpaired) electrons. The van der Waals surface area contributed by atoms with E-state index in [1.165, 1.54) is 6.20 Å². The number of hydrogen-bond acceptors (Lipinski definition) is 8. The number of aromatic amines is 1. The largest absolute Gasteiger partial charge is 0.444 e. The predicted octanol–water partition coefficient (Wildman–Crippen LogP) is 7.36. The van der Waals surface area contributed by atoms with Crippen LogP contribution in [-0.2, 0) is 19.5 Å². The molecule has 274 valence electrons. The van der Waals surface area contributed by atoms with Gasteiger partial charge in [0.05, 0.1) is 28.9 Å². The summed E-state index contributed by atoms with van der Waals surface area (Å²) in [5.41, 5.74) is 2.20. The summed E-state index contributed by atoms with van der Waals surface area (Å²) in [4.78, 5) is 42.1. The highest BCUT2D eigenvalue weighted by molar-refractivity contribution is 7.90. The fourth-order valence-corrected chi connectivity index (χ4v) is 7.71. The molecule has 2 aliphatic heterocycles. The Bertz CT molecular complexity index is 2110. The number of carbonyl (C=O) groups excluding carboxylic acids is 2. The van der Waals surface area contributed by atoms with Crippen LogP contribution in [0.4, 0.5) is 9.59 Å². The van der Waals surface area contributed by atoms with Gasteiger partial charge in [-0.05, 0) is 104 Å². The van der Waals surface area contributed by atoms with Gasteiger partial charge in [-0.15, -0.1) is 0 Å². The number of carbonyl (C=O) groups is 2. The zero-order valence-corrected chi connectivity index (χ0v) is 31.6. The van der Waals surface area contributed by atoms with Crippen molar-refractivity contribution in [2.75, 3.05) is 13.1 Å². The number of nitrogens with zero attached hydrogens (tertiary/aromatic N) is 5. The lowest BCUT2D eigenvalue weighted by Gasteiger charge is -2.28. The third-order valence-electron chi connectivity index (χ3n) is 8.77. The van der Waals surface area contributed by atoms with Gasteiger partial charge in [0, 0.05) is 30.4 Å². The number of rotatable bonds is 5. The van der Waals surface area contributed by atoms with E-state index in [0.29, 0.717) is 37.3 Å². The Balaban J connectivity index is 1.25. The highest BCUT2D eigenvalue weighted by atomic mass is 32.2. The Labute approximate surface area is 305 Å². The lowest BCUT2D eigenvalue weighted by atomic mass is 10.1. The number of ether oxygens (including phenoxy) is 2. The summed E-state index contributed by atoms with van der Waals surface area (Å²) in [6, 6.07) is 13.4. The normalized spacial score (nSPS) is 17.9. The number of aromatic nitrogens is 4. The van der Waals surface area contributed by atoms with Crippen LogP contribution in [0, 0.1) is 18.8 Å². The number of likely N-dealkylation sites (tertiary alicyclic amines) is 2. The fraction of sp³-hybridized carbons (Fsp3) is 0.436. The van der Waals surface area contributed by atoms with Gasteiger partial charge in [-0.3, -0.25) is 9.80 Å². The maximum Gasteiger partial charge on any atom is 0.410 e. The molecule has 0 spiro atoms. The minimum Gasteiger partial charge on any atom is -0.444 e. The topological polar surface area (TPSA) is 140 Å². The molecule has 2 aromatic heterocycles. The van der Waals surface area contributed by atoms with Crippen LogP contribution >= 0.6 is 0 Å². The quantitative estimate of drug-likeness (QED) is 0.211. The summed E-state index contributed by atoms with van der Waals surface area (Å²) in [6.07, 6.45) is 5.26. The summed E-state index contributed by atoms with van der Waals surface area (Å²) >= 11 is 0. The van der Waals surface area contributed by atoms with Crippen LogP contribution < -0.4 is 0 Å². The van der Waals surface area contributed by atoms with Gasteiger partial charge in [-0.1, -0.05) is 35.7 Å². The Morgan fingerprint density at radius 3 is 1.98 bits per heavy atom. The number of hydrogen-bond donors (Lipinski definition) is 1. The van der Waals surface area contributed by atoms with Crippen molar-refractivity contribution in [2.24, 2.45) is 0 Å². The van der Waals surface area contributed by atoms with E-state index in [-0.39, 0.29) is 28.5 Å². The number of imidazole rings is 2. The molecular formula is C39H46N6O6S. The average Bonchev–Trinajstić information content (AvgIpc) is 3.88. The molecule has 1 N–H and O–H groups in total. The Morgan fingerprint density at radius 2 is 1.38 bits per heavy atom. The first-order valence-corrected chi connectivity index (χ1v) is 19.0. The van der Waals surface area contributed by atoms with E-state index in [4.69, 9.17) is 19.4 Å². The van der Waals surface area contributed by atoms with E-state index in [0.717, 1.165) is 33.6 Å². The van der Waals surface area contributed by atoms with E-state index in [1.54, 1.807) is 54.8 Å². The van der Waals surface area contributed by atoms with Gasteiger partial charge in [0.1, 0.15) is 28.5 Å². The lowest BCUT2D eigenvalue weighted by molar-refractivity contribution is 0.0208. The smallest absolute Gasteiger partial charge is 0.410 e. The highest BCUT2D eigenvalue weighted by Crippen LogP contribution is 2.35. The highest BCUT2D eigenvalue weighted by Gasteiger charge is 2.38. The molecule has 4 aromatic rings. The van der Waals surface area contributed by atoms with Crippen molar-refractivity contribution in [3.8, 4) is 23.1 Å². The fourth-order valence-electron chi connectivity index (χ4n) is 6.36. The number of nitrogens with one attached hydrogen (secondary N) is 1.